The highest BCUT2D eigenvalue weighted by molar-refractivity contribution is 14.1. The highest BCUT2D eigenvalue weighted by atomic mass is 127. The van der Waals surface area contributed by atoms with Crippen molar-refractivity contribution in [3.05, 3.63) is 179 Å². The maximum absolute atomic E-state index is 13.0. The van der Waals surface area contributed by atoms with Crippen LogP contribution in [-0.2, 0) is 0 Å². The first-order chi connectivity index (χ1) is 34.0. The average Bonchev–Trinajstić information content (AvgIpc) is 4.21. The molecule has 0 fully saturated rings. The molecule has 29 heteroatoms. The molecule has 5 aromatic heterocycles. The molecule has 0 radical (unpaired) electrons. The van der Waals surface area contributed by atoms with Gasteiger partial charge >= 0.3 is 11.4 Å². The Morgan fingerprint density at radius 2 is 1.19 bits per heavy atom. The van der Waals surface area contributed by atoms with Crippen LogP contribution in [0.1, 0.15) is 8.29 Å². The van der Waals surface area contributed by atoms with Crippen molar-refractivity contribution < 1.29 is 38.3 Å². The van der Waals surface area contributed by atoms with E-state index in [0.29, 0.717) is 54.8 Å². The van der Waals surface area contributed by atoms with Crippen molar-refractivity contribution in [3.8, 4) is 11.2 Å². The van der Waals surface area contributed by atoms with Crippen molar-refractivity contribution in [2.24, 2.45) is 0 Å². The van der Waals surface area contributed by atoms with E-state index in [-0.39, 0.29) is 28.7 Å². The number of nitrogens with two attached hydrogens (primary N) is 2. The summed E-state index contributed by atoms with van der Waals surface area (Å²) in [6.07, 6.45) is 6.56. The standard InChI is InChI=1S/C10H6FN3OS.C9H6FN3O2S.C9H8FN3S.C6H3F2NO2.C3H4N2S.C2H3N.CH3I.CH4O/c11-6-1-2-8-7(5-6)13-9(15)14(8)10-12-3-4-16-10;10-6-1-2-7(8(5-6)13(14)15)12-9-11-3-4-16-9;10-6-1-2-8(7(11)5-6)13-9-12-3-4-14-9;7-4-1-2-5(8)6(3-4)9(10)11;4-3-5-1-2-6-3;1-2-3;2*1-2/h1-5H,(H,13,15);1-5H,(H,11,12);1-5H,11H2,(H,12,13);1-3H;1-2H,(H2,4,5);1H3;1H3;2H,1H3/i;;;;;;1D;. The number of thiazole rings is 4. The molecule has 9 rings (SSSR count). The summed E-state index contributed by atoms with van der Waals surface area (Å²) in [4.78, 5) is 49.5. The largest absolute Gasteiger partial charge is 0.400 e. The summed E-state index contributed by atoms with van der Waals surface area (Å²) in [5.41, 5.74) is 11.7. The van der Waals surface area contributed by atoms with Gasteiger partial charge in [0.15, 0.2) is 20.5 Å². The lowest BCUT2D eigenvalue weighted by Gasteiger charge is -2.05. The van der Waals surface area contributed by atoms with Gasteiger partial charge in [0.25, 0.3) is 5.69 Å². The van der Waals surface area contributed by atoms with E-state index in [1.807, 2.05) is 33.4 Å². The maximum atomic E-state index is 13.0. The van der Waals surface area contributed by atoms with Gasteiger partial charge in [0.1, 0.15) is 29.0 Å². The zero-order valence-electron chi connectivity index (χ0n) is 36.9. The predicted molar refractivity (Wildman–Crippen MR) is 273 cm³/mol. The first-order valence-corrected chi connectivity index (χ1v) is 23.5. The number of aliphatic hydroxyl groups is 1. The number of nitrogens with zero attached hydrogens (tertiary/aromatic N) is 8. The molecule has 19 nitrogen and oxygen atoms in total. The summed E-state index contributed by atoms with van der Waals surface area (Å²) >= 11 is 7.51. The lowest BCUT2D eigenvalue weighted by Crippen LogP contribution is -2.14. The number of alkyl halides is 1. The second-order valence-corrected chi connectivity index (χ2v) is 15.4. The smallest absolute Gasteiger partial charge is 0.332 e. The molecule has 0 saturated heterocycles. The fraction of sp³-hybridized carbons (Fsp3) is 0.0732. The molecule has 4 aromatic carbocycles. The van der Waals surface area contributed by atoms with Crippen LogP contribution >= 0.6 is 67.9 Å². The van der Waals surface area contributed by atoms with Crippen LogP contribution in [0.2, 0.25) is 0 Å². The van der Waals surface area contributed by atoms with Crippen molar-refractivity contribution in [3.63, 3.8) is 0 Å². The van der Waals surface area contributed by atoms with E-state index in [0.717, 1.165) is 30.4 Å². The number of hydrogen-bond acceptors (Lipinski definition) is 19. The topological polar surface area (TPSA) is 296 Å². The molecule has 368 valence electrons. The molecule has 5 heterocycles. The molecule has 8 N–H and O–H groups in total. The van der Waals surface area contributed by atoms with Crippen molar-refractivity contribution in [2.45, 2.75) is 6.92 Å². The van der Waals surface area contributed by atoms with E-state index >= 15 is 0 Å². The zero-order valence-corrected chi connectivity index (χ0v) is 41.3. The number of nitrogens with one attached hydrogen (secondary N) is 3. The number of aromatic nitrogens is 6. The van der Waals surface area contributed by atoms with Crippen LogP contribution in [-0.4, -0.2) is 56.5 Å². The Balaban J connectivity index is 0.000000300. The molecule has 0 aliphatic heterocycles. The number of halogens is 6. The second kappa shape index (κ2) is 31.5. The monoisotopic (exact) mass is 1160 g/mol. The van der Waals surface area contributed by atoms with E-state index < -0.39 is 33.0 Å². The number of anilines is 6. The minimum atomic E-state index is -1.03. The van der Waals surface area contributed by atoms with E-state index in [1.165, 1.54) is 87.2 Å². The van der Waals surface area contributed by atoms with Gasteiger partial charge in [0, 0.05) is 61.7 Å². The van der Waals surface area contributed by atoms with Crippen molar-refractivity contribution in [2.75, 3.05) is 34.1 Å². The molecular weight excluding hydrogens is 1120 g/mol. The van der Waals surface area contributed by atoms with Crippen molar-refractivity contribution in [1.82, 2.24) is 29.5 Å². The van der Waals surface area contributed by atoms with Crippen LogP contribution in [0.15, 0.2) is 124 Å². The van der Waals surface area contributed by atoms with Gasteiger partial charge in [0.2, 0.25) is 5.82 Å². The molecule has 0 atom stereocenters. The number of benzene rings is 4. The molecule has 70 heavy (non-hydrogen) atoms. The molecule has 0 bridgehead atoms. The quantitative estimate of drug-likeness (QED) is 0.0216. The Hall–Kier alpha value is -7.50. The van der Waals surface area contributed by atoms with Crippen LogP contribution in [0.25, 0.3) is 16.2 Å². The average molecular weight is 1160 g/mol. The summed E-state index contributed by atoms with van der Waals surface area (Å²) in [6, 6.07) is 15.6. The third-order valence-electron chi connectivity index (χ3n) is 7.33. The summed E-state index contributed by atoms with van der Waals surface area (Å²) in [6.45, 7) is 1.43. The summed E-state index contributed by atoms with van der Waals surface area (Å²) in [5, 5.41) is 50.4. The van der Waals surface area contributed by atoms with Crippen LogP contribution in [0, 0.1) is 60.6 Å². The normalized spacial score (nSPS) is 9.57. The lowest BCUT2D eigenvalue weighted by molar-refractivity contribution is -0.387. The number of nitriles is 1. The van der Waals surface area contributed by atoms with Gasteiger partial charge in [-0.3, -0.25) is 20.2 Å². The Morgan fingerprint density at radius 1 is 0.729 bits per heavy atom. The minimum absolute atomic E-state index is 0.223. The molecule has 0 aliphatic rings. The van der Waals surface area contributed by atoms with Gasteiger partial charge in [-0.05, 0) is 65.6 Å². The number of rotatable bonds is 7. The van der Waals surface area contributed by atoms with Gasteiger partial charge in [-0.2, -0.15) is 9.65 Å². The number of nitrogen functional groups attached to an aromatic ring is 2. The highest BCUT2D eigenvalue weighted by Gasteiger charge is 2.16. The Morgan fingerprint density at radius 3 is 1.64 bits per heavy atom. The Labute approximate surface area is 424 Å². The molecule has 0 amide bonds. The van der Waals surface area contributed by atoms with Crippen LogP contribution < -0.4 is 27.8 Å². The number of imidazole rings is 1. The second-order valence-electron chi connectivity index (χ2n) is 11.8. The minimum Gasteiger partial charge on any atom is -0.400 e. The van der Waals surface area contributed by atoms with E-state index in [2.05, 4.69) is 35.6 Å². The molecular formula is C41H37F5IN13O6S4. The first-order valence-electron chi connectivity index (χ1n) is 19.2. The van der Waals surface area contributed by atoms with Gasteiger partial charge in [0.05, 0.1) is 50.5 Å². The van der Waals surface area contributed by atoms with Crippen molar-refractivity contribution in [1.29, 1.82) is 5.26 Å². The Bertz CT molecular complexity index is 3080. The van der Waals surface area contributed by atoms with Gasteiger partial charge in [-0.1, -0.05) is 22.6 Å². The Kier molecular flexibility index (Phi) is 25.6. The van der Waals surface area contributed by atoms with E-state index in [9.17, 15) is 47.0 Å². The van der Waals surface area contributed by atoms with Crippen molar-refractivity contribution >= 4 is 123 Å². The predicted octanol–water partition coefficient (Wildman–Crippen LogP) is 11.2. The number of hydrogen-bond donors (Lipinski definition) is 6. The van der Waals surface area contributed by atoms with Crippen LogP contribution in [0.3, 0.4) is 0 Å². The molecule has 0 aliphatic carbocycles. The van der Waals surface area contributed by atoms with Gasteiger partial charge in [-0.15, -0.1) is 45.3 Å². The van der Waals surface area contributed by atoms with E-state index in [4.69, 9.17) is 23.2 Å². The number of fused-ring (bicyclic) bond motifs is 1. The number of nitro groups is 2. The third-order valence-corrected chi connectivity index (χ3v) is 10.1. The maximum Gasteiger partial charge on any atom is 0.332 e. The summed E-state index contributed by atoms with van der Waals surface area (Å²) in [7, 11) is 1.00. The van der Waals surface area contributed by atoms with Gasteiger partial charge < -0.3 is 32.2 Å². The number of nitro benzene ring substituents is 2. The SMILES string of the molecule is CC#N.CO.Nc1cc(F)ccc1Nc1nccs1.Nc1nccs1.O=[N+]([O-])c1cc(F)ccc1F.O=[N+]([O-])c1cc(F)ccc1Nc1nccs1.O=c1[nH]c2cc(F)ccc2n1-c1nccs1.[2H]CI. The fourth-order valence-electron chi connectivity index (χ4n) is 4.67. The first kappa shape index (κ1) is 56.8. The van der Waals surface area contributed by atoms with Crippen LogP contribution in [0.4, 0.5) is 65.8 Å². The van der Waals surface area contributed by atoms with E-state index in [1.54, 1.807) is 53.7 Å². The van der Waals surface area contributed by atoms with Gasteiger partial charge in [-0.25, -0.2) is 46.9 Å². The molecule has 0 unspecified atom stereocenters. The molecule has 0 spiro atoms. The number of H-pyrrole nitrogens is 1. The third kappa shape index (κ3) is 19.6. The highest BCUT2D eigenvalue weighted by Crippen LogP contribution is 2.29. The van der Waals surface area contributed by atoms with Crippen LogP contribution in [0.5, 0.6) is 0 Å². The summed E-state index contributed by atoms with van der Waals surface area (Å²) < 4.78 is 70.8. The number of aromatic amines is 1. The molecule has 0 saturated carbocycles. The zero-order chi connectivity index (χ0) is 52.9. The number of aliphatic hydroxyl groups excluding tert-OH is 1. The lowest BCUT2D eigenvalue weighted by atomic mass is 10.2. The fourth-order valence-corrected chi connectivity index (χ4v) is 6.79. The summed E-state index contributed by atoms with van der Waals surface area (Å²) in [5.74, 6) is -3.21. The molecule has 9 aromatic rings.